The second-order valence-corrected chi connectivity index (χ2v) is 7.38. The molecule has 1 N–H and O–H groups in total. The van der Waals surface area contributed by atoms with E-state index in [1.165, 1.54) is 43.5 Å². The zero-order valence-electron chi connectivity index (χ0n) is 16.0. The van der Waals surface area contributed by atoms with Crippen LogP contribution in [-0.2, 0) is 0 Å². The third kappa shape index (κ3) is 4.00. The Balaban J connectivity index is 1.76. The van der Waals surface area contributed by atoms with E-state index in [2.05, 4.69) is 5.32 Å². The van der Waals surface area contributed by atoms with Gasteiger partial charge in [-0.1, -0.05) is 35.3 Å². The van der Waals surface area contributed by atoms with Gasteiger partial charge in [0.1, 0.15) is 11.4 Å². The van der Waals surface area contributed by atoms with E-state index in [1.54, 1.807) is 24.3 Å². The number of rotatable bonds is 5. The maximum atomic E-state index is 13.3. The maximum absolute atomic E-state index is 13.3. The standard InChI is InChI=1S/C23H14Cl2FNO4/c1-30-21-16(24)10-13(11-17(21)25)23(29)27-19-15-4-2-3-5-18(15)31-22(19)20(28)12-6-8-14(26)9-7-12/h2-11H,1H3,(H,27,29). The van der Waals surface area contributed by atoms with Crippen molar-refractivity contribution in [2.45, 2.75) is 0 Å². The van der Waals surface area contributed by atoms with Gasteiger partial charge in [0.2, 0.25) is 5.78 Å². The number of benzene rings is 3. The van der Waals surface area contributed by atoms with Gasteiger partial charge in [-0.15, -0.1) is 0 Å². The number of amides is 1. The van der Waals surface area contributed by atoms with Crippen molar-refractivity contribution in [2.24, 2.45) is 0 Å². The summed E-state index contributed by atoms with van der Waals surface area (Å²) in [6.07, 6.45) is 0. The minimum absolute atomic E-state index is 0.0770. The third-order valence-electron chi connectivity index (χ3n) is 4.61. The van der Waals surface area contributed by atoms with Crippen LogP contribution < -0.4 is 10.1 Å². The van der Waals surface area contributed by atoms with Crippen LogP contribution in [0.25, 0.3) is 11.0 Å². The highest BCUT2D eigenvalue weighted by molar-refractivity contribution is 6.38. The molecular formula is C23H14Cl2FNO4. The fraction of sp³-hybridized carbons (Fsp3) is 0.0435. The summed E-state index contributed by atoms with van der Waals surface area (Å²) in [4.78, 5) is 26.0. The molecule has 0 bridgehead atoms. The van der Waals surface area contributed by atoms with Crippen molar-refractivity contribution < 1.29 is 23.1 Å². The molecular weight excluding hydrogens is 444 g/mol. The number of halogens is 3. The first-order valence-corrected chi connectivity index (χ1v) is 9.81. The quantitative estimate of drug-likeness (QED) is 0.353. The monoisotopic (exact) mass is 457 g/mol. The zero-order chi connectivity index (χ0) is 22.1. The topological polar surface area (TPSA) is 68.5 Å². The summed E-state index contributed by atoms with van der Waals surface area (Å²) in [6, 6.07) is 14.7. The zero-order valence-corrected chi connectivity index (χ0v) is 17.6. The number of carbonyl (C=O) groups is 2. The molecule has 0 saturated heterocycles. The van der Waals surface area contributed by atoms with E-state index in [1.807, 2.05) is 0 Å². The predicted octanol–water partition coefficient (Wildman–Crippen LogP) is 6.37. The number of para-hydroxylation sites is 1. The Labute approximate surface area is 186 Å². The molecule has 31 heavy (non-hydrogen) atoms. The number of ether oxygens (including phenoxy) is 1. The van der Waals surface area contributed by atoms with Gasteiger partial charge < -0.3 is 14.5 Å². The lowest BCUT2D eigenvalue weighted by molar-refractivity contribution is 0.101. The lowest BCUT2D eigenvalue weighted by Crippen LogP contribution is -2.14. The summed E-state index contributed by atoms with van der Waals surface area (Å²) >= 11 is 12.3. The minimum atomic E-state index is -0.550. The van der Waals surface area contributed by atoms with E-state index in [-0.39, 0.29) is 38.4 Å². The molecule has 0 spiro atoms. The molecule has 3 aromatic carbocycles. The van der Waals surface area contributed by atoms with Crippen molar-refractivity contribution >= 4 is 51.5 Å². The summed E-state index contributed by atoms with van der Waals surface area (Å²) in [5, 5.41) is 3.59. The van der Waals surface area contributed by atoms with Crippen molar-refractivity contribution in [2.75, 3.05) is 12.4 Å². The summed E-state index contributed by atoms with van der Waals surface area (Å²) in [7, 11) is 1.41. The lowest BCUT2D eigenvalue weighted by atomic mass is 10.1. The van der Waals surface area contributed by atoms with Gasteiger partial charge in [-0.05, 0) is 48.5 Å². The lowest BCUT2D eigenvalue weighted by Gasteiger charge is -2.10. The van der Waals surface area contributed by atoms with Gasteiger partial charge in [-0.25, -0.2) is 4.39 Å². The molecule has 0 unspecified atom stereocenters. The van der Waals surface area contributed by atoms with Gasteiger partial charge in [0.25, 0.3) is 5.91 Å². The predicted molar refractivity (Wildman–Crippen MR) is 117 cm³/mol. The summed E-state index contributed by atoms with van der Waals surface area (Å²) in [6.45, 7) is 0. The molecule has 4 aromatic rings. The Bertz CT molecular complexity index is 1290. The first kappa shape index (κ1) is 20.9. The molecule has 1 heterocycles. The number of furan rings is 1. The van der Waals surface area contributed by atoms with Crippen molar-refractivity contribution in [3.63, 3.8) is 0 Å². The van der Waals surface area contributed by atoms with Gasteiger partial charge in [-0.3, -0.25) is 9.59 Å². The number of hydrogen-bond donors (Lipinski definition) is 1. The number of anilines is 1. The normalized spacial score (nSPS) is 10.8. The van der Waals surface area contributed by atoms with E-state index < -0.39 is 17.5 Å². The summed E-state index contributed by atoms with van der Waals surface area (Å²) in [5.74, 6) is -1.35. The summed E-state index contributed by atoms with van der Waals surface area (Å²) < 4.78 is 24.1. The Morgan fingerprint density at radius 1 is 0.968 bits per heavy atom. The molecule has 156 valence electrons. The highest BCUT2D eigenvalue weighted by Crippen LogP contribution is 2.36. The second-order valence-electron chi connectivity index (χ2n) is 6.57. The fourth-order valence-corrected chi connectivity index (χ4v) is 3.77. The molecule has 1 aromatic heterocycles. The Hall–Kier alpha value is -3.35. The fourth-order valence-electron chi connectivity index (χ4n) is 3.13. The molecule has 4 rings (SSSR count). The van der Waals surface area contributed by atoms with Crippen LogP contribution in [0.1, 0.15) is 26.5 Å². The Kier molecular flexibility index (Phi) is 5.67. The summed E-state index contributed by atoms with van der Waals surface area (Å²) in [5.41, 5.74) is 0.986. The number of methoxy groups -OCH3 is 1. The van der Waals surface area contributed by atoms with Crippen LogP contribution in [-0.4, -0.2) is 18.8 Å². The van der Waals surface area contributed by atoms with Crippen molar-refractivity contribution in [1.82, 2.24) is 0 Å². The van der Waals surface area contributed by atoms with Crippen LogP contribution in [0.15, 0.2) is 65.1 Å². The molecule has 5 nitrogen and oxygen atoms in total. The van der Waals surface area contributed by atoms with E-state index in [9.17, 15) is 14.0 Å². The highest BCUT2D eigenvalue weighted by atomic mass is 35.5. The second kappa shape index (κ2) is 8.41. The van der Waals surface area contributed by atoms with E-state index >= 15 is 0 Å². The van der Waals surface area contributed by atoms with Crippen LogP contribution in [0.3, 0.4) is 0 Å². The van der Waals surface area contributed by atoms with Gasteiger partial charge in [-0.2, -0.15) is 0 Å². The van der Waals surface area contributed by atoms with Gasteiger partial charge in [0.05, 0.1) is 22.8 Å². The Morgan fingerprint density at radius 2 is 1.61 bits per heavy atom. The molecule has 0 aliphatic rings. The number of hydrogen-bond acceptors (Lipinski definition) is 4. The van der Waals surface area contributed by atoms with E-state index in [0.29, 0.717) is 11.0 Å². The number of fused-ring (bicyclic) bond motifs is 1. The molecule has 0 aliphatic heterocycles. The van der Waals surface area contributed by atoms with Crippen molar-refractivity contribution in [1.29, 1.82) is 0 Å². The van der Waals surface area contributed by atoms with Crippen LogP contribution in [0.4, 0.5) is 10.1 Å². The minimum Gasteiger partial charge on any atom is -0.494 e. The van der Waals surface area contributed by atoms with Gasteiger partial charge in [0.15, 0.2) is 11.5 Å². The van der Waals surface area contributed by atoms with Crippen molar-refractivity contribution in [3.05, 3.63) is 93.4 Å². The number of ketones is 1. The molecule has 0 fully saturated rings. The Morgan fingerprint density at radius 3 is 2.26 bits per heavy atom. The number of nitrogens with one attached hydrogen (secondary N) is 1. The van der Waals surface area contributed by atoms with Crippen LogP contribution in [0, 0.1) is 5.82 Å². The van der Waals surface area contributed by atoms with Gasteiger partial charge in [0, 0.05) is 16.5 Å². The molecule has 8 heteroatoms. The molecule has 0 saturated carbocycles. The average molecular weight is 458 g/mol. The number of carbonyl (C=O) groups excluding carboxylic acids is 2. The molecule has 0 atom stereocenters. The SMILES string of the molecule is COc1c(Cl)cc(C(=O)Nc2c(C(=O)c3ccc(F)cc3)oc3ccccc23)cc1Cl. The first-order valence-electron chi connectivity index (χ1n) is 9.05. The van der Waals surface area contributed by atoms with Crippen LogP contribution in [0.2, 0.25) is 10.0 Å². The average Bonchev–Trinajstić information content (AvgIpc) is 3.12. The molecule has 0 radical (unpaired) electrons. The van der Waals surface area contributed by atoms with Gasteiger partial charge >= 0.3 is 0 Å². The third-order valence-corrected chi connectivity index (χ3v) is 5.17. The highest BCUT2D eigenvalue weighted by Gasteiger charge is 2.24. The van der Waals surface area contributed by atoms with Crippen LogP contribution in [0.5, 0.6) is 5.75 Å². The van der Waals surface area contributed by atoms with E-state index in [0.717, 1.165) is 0 Å². The smallest absolute Gasteiger partial charge is 0.255 e. The van der Waals surface area contributed by atoms with Crippen molar-refractivity contribution in [3.8, 4) is 5.75 Å². The van der Waals surface area contributed by atoms with E-state index in [4.69, 9.17) is 32.4 Å². The molecule has 1 amide bonds. The largest absolute Gasteiger partial charge is 0.494 e. The van der Waals surface area contributed by atoms with Crippen LogP contribution >= 0.6 is 23.2 Å². The molecule has 0 aliphatic carbocycles. The first-order chi connectivity index (χ1) is 14.9. The maximum Gasteiger partial charge on any atom is 0.255 e.